The van der Waals surface area contributed by atoms with Gasteiger partial charge in [-0.2, -0.15) is 4.68 Å². The van der Waals surface area contributed by atoms with Crippen LogP contribution in [0.25, 0.3) is 5.69 Å². The van der Waals surface area contributed by atoms with E-state index in [9.17, 15) is 14.0 Å². The first-order valence-corrected chi connectivity index (χ1v) is 7.16. The summed E-state index contributed by atoms with van der Waals surface area (Å²) in [5.74, 6) is 5.22. The number of halogens is 1. The van der Waals surface area contributed by atoms with Gasteiger partial charge >= 0.3 is 11.7 Å². The fourth-order valence-electron chi connectivity index (χ4n) is 2.57. The number of hydrogen-bond acceptors (Lipinski definition) is 4. The van der Waals surface area contributed by atoms with Crippen LogP contribution in [0.5, 0.6) is 0 Å². The summed E-state index contributed by atoms with van der Waals surface area (Å²) in [4.78, 5) is 26.3. The molecule has 0 radical (unpaired) electrons. The van der Waals surface area contributed by atoms with Gasteiger partial charge < -0.3 is 4.90 Å². The minimum Gasteiger partial charge on any atom is -0.309 e. The molecular weight excluding hydrogens is 301 g/mol. The Morgan fingerprint density at radius 3 is 2.96 bits per heavy atom. The zero-order valence-corrected chi connectivity index (χ0v) is 12.4. The summed E-state index contributed by atoms with van der Waals surface area (Å²) in [6, 6.07) is 4.57. The first-order chi connectivity index (χ1) is 11.1. The molecule has 0 bridgehead atoms. The number of carbonyl (C=O) groups is 1. The number of nitrogens with zero attached hydrogens (tertiary/aromatic N) is 5. The highest BCUT2D eigenvalue weighted by Gasteiger charge is 2.30. The summed E-state index contributed by atoms with van der Waals surface area (Å²) in [6.07, 6.45) is 1.58. The predicted octanol–water partition coefficient (Wildman–Crippen LogP) is 1.02. The van der Waals surface area contributed by atoms with Crippen LogP contribution in [-0.2, 0) is 0 Å². The average molecular weight is 315 g/mol. The molecule has 23 heavy (non-hydrogen) atoms. The van der Waals surface area contributed by atoms with Crippen molar-refractivity contribution < 1.29 is 9.18 Å². The second-order valence-corrected chi connectivity index (χ2v) is 5.09. The summed E-state index contributed by atoms with van der Waals surface area (Å²) in [5, 5.41) is 7.27. The van der Waals surface area contributed by atoms with E-state index in [2.05, 4.69) is 22.3 Å². The normalized spacial score (nSPS) is 17.0. The van der Waals surface area contributed by atoms with Crippen molar-refractivity contribution in [1.82, 2.24) is 24.7 Å². The molecule has 0 N–H and O–H groups in total. The van der Waals surface area contributed by atoms with Gasteiger partial charge in [-0.15, -0.1) is 10.6 Å². The van der Waals surface area contributed by atoms with E-state index < -0.39 is 17.5 Å². The van der Waals surface area contributed by atoms with Crippen molar-refractivity contribution in [2.45, 2.75) is 25.8 Å². The molecule has 118 valence electrons. The molecule has 1 aliphatic rings. The van der Waals surface area contributed by atoms with Crippen LogP contribution >= 0.6 is 0 Å². The Morgan fingerprint density at radius 1 is 1.39 bits per heavy atom. The molecule has 0 aliphatic carbocycles. The van der Waals surface area contributed by atoms with E-state index in [1.807, 2.05) is 0 Å². The minimum absolute atomic E-state index is 0.209. The molecule has 3 rings (SSSR count). The van der Waals surface area contributed by atoms with E-state index >= 15 is 0 Å². The lowest BCUT2D eigenvalue weighted by molar-refractivity contribution is 0.198. The summed E-state index contributed by atoms with van der Waals surface area (Å²) in [6.45, 7) is 2.21. The molecule has 0 spiro atoms. The van der Waals surface area contributed by atoms with E-state index in [-0.39, 0.29) is 11.7 Å². The highest BCUT2D eigenvalue weighted by molar-refractivity contribution is 5.76. The van der Waals surface area contributed by atoms with Gasteiger partial charge in [-0.3, -0.25) is 0 Å². The lowest BCUT2D eigenvalue weighted by Crippen LogP contribution is -2.43. The van der Waals surface area contributed by atoms with Crippen LogP contribution in [0.1, 0.15) is 19.8 Å². The van der Waals surface area contributed by atoms with Crippen LogP contribution in [0.3, 0.4) is 0 Å². The van der Waals surface area contributed by atoms with Gasteiger partial charge in [-0.05, 0) is 48.4 Å². The molecule has 1 aliphatic heterocycles. The largest absolute Gasteiger partial charge is 0.377 e. The second-order valence-electron chi connectivity index (χ2n) is 5.09. The molecule has 2 aromatic rings. The Bertz CT molecular complexity index is 860. The summed E-state index contributed by atoms with van der Waals surface area (Å²) < 4.78 is 14.8. The van der Waals surface area contributed by atoms with Crippen LogP contribution < -0.4 is 5.69 Å². The van der Waals surface area contributed by atoms with Crippen molar-refractivity contribution in [2.75, 3.05) is 6.54 Å². The zero-order valence-electron chi connectivity index (χ0n) is 12.4. The van der Waals surface area contributed by atoms with Gasteiger partial charge in [0, 0.05) is 6.54 Å². The molecular formula is C15H14FN5O2. The quantitative estimate of drug-likeness (QED) is 0.582. The fourth-order valence-corrected chi connectivity index (χ4v) is 2.57. The molecule has 1 fully saturated rings. The van der Waals surface area contributed by atoms with Gasteiger partial charge in [0.15, 0.2) is 0 Å². The molecule has 1 saturated heterocycles. The Morgan fingerprint density at radius 2 is 2.22 bits per heavy atom. The van der Waals surface area contributed by atoms with E-state index in [0.717, 1.165) is 23.6 Å². The highest BCUT2D eigenvalue weighted by atomic mass is 19.1. The molecule has 0 saturated carbocycles. The monoisotopic (exact) mass is 315 g/mol. The molecule has 7 nitrogen and oxygen atoms in total. The third-order valence-electron chi connectivity index (χ3n) is 3.62. The molecule has 2 heterocycles. The van der Waals surface area contributed by atoms with E-state index in [1.54, 1.807) is 6.92 Å². The summed E-state index contributed by atoms with van der Waals surface area (Å²) >= 11 is 0. The number of benzene rings is 1. The van der Waals surface area contributed by atoms with Gasteiger partial charge in [0.25, 0.3) is 0 Å². The molecule has 8 heteroatoms. The SMILES string of the molecule is CC#CC1CCCN1C(=O)n1nnn(-c2cccc(F)c2)c1=O. The number of tetrazole rings is 1. The first kappa shape index (κ1) is 15.0. The third kappa shape index (κ3) is 2.73. The van der Waals surface area contributed by atoms with E-state index in [0.29, 0.717) is 11.2 Å². The molecule has 1 atom stereocenters. The maximum absolute atomic E-state index is 13.3. The lowest BCUT2D eigenvalue weighted by atomic mass is 10.2. The maximum Gasteiger partial charge on any atom is 0.377 e. The topological polar surface area (TPSA) is 73.0 Å². The fraction of sp³-hybridized carbons (Fsp3) is 0.333. The Labute approximate surface area is 131 Å². The second kappa shape index (κ2) is 6.04. The van der Waals surface area contributed by atoms with Crippen LogP contribution in [0.15, 0.2) is 29.1 Å². The van der Waals surface area contributed by atoms with Crippen molar-refractivity contribution in [3.63, 3.8) is 0 Å². The number of carbonyl (C=O) groups excluding carboxylic acids is 1. The van der Waals surface area contributed by atoms with E-state index in [4.69, 9.17) is 0 Å². The summed E-state index contributed by atoms with van der Waals surface area (Å²) in [7, 11) is 0. The molecule has 1 amide bonds. The van der Waals surface area contributed by atoms with Gasteiger partial charge in [-0.25, -0.2) is 14.0 Å². The van der Waals surface area contributed by atoms with Crippen molar-refractivity contribution in [2.24, 2.45) is 0 Å². The number of likely N-dealkylation sites (tertiary alicyclic amines) is 1. The predicted molar refractivity (Wildman–Crippen MR) is 79.5 cm³/mol. The zero-order chi connectivity index (χ0) is 16.4. The Balaban J connectivity index is 1.94. The van der Waals surface area contributed by atoms with E-state index in [1.165, 1.54) is 23.1 Å². The van der Waals surface area contributed by atoms with Crippen molar-refractivity contribution in [3.8, 4) is 17.5 Å². The number of rotatable bonds is 1. The number of aromatic nitrogens is 4. The molecule has 1 aromatic heterocycles. The highest BCUT2D eigenvalue weighted by Crippen LogP contribution is 2.17. The summed E-state index contributed by atoms with van der Waals surface area (Å²) in [5.41, 5.74) is -0.531. The van der Waals surface area contributed by atoms with Gasteiger partial charge in [0.2, 0.25) is 0 Å². The Kier molecular flexibility index (Phi) is 3.93. The third-order valence-corrected chi connectivity index (χ3v) is 3.62. The van der Waals surface area contributed by atoms with Crippen molar-refractivity contribution in [1.29, 1.82) is 0 Å². The smallest absolute Gasteiger partial charge is 0.309 e. The van der Waals surface area contributed by atoms with Gasteiger partial charge in [0.1, 0.15) is 5.82 Å². The number of amides is 1. The molecule has 1 unspecified atom stereocenters. The number of hydrogen-bond donors (Lipinski definition) is 0. The van der Waals surface area contributed by atoms with Crippen LogP contribution in [0, 0.1) is 17.7 Å². The first-order valence-electron chi connectivity index (χ1n) is 7.16. The standard InChI is InChI=1S/C15H14FN5O2/c1-2-5-12-8-4-9-19(12)14(22)21-15(23)20(17-18-21)13-7-3-6-11(16)10-13/h3,6-7,10,12H,4,8-9H2,1H3. The lowest BCUT2D eigenvalue weighted by Gasteiger charge is -2.18. The van der Waals surface area contributed by atoms with Crippen molar-refractivity contribution >= 4 is 6.03 Å². The van der Waals surface area contributed by atoms with Crippen LogP contribution in [-0.4, -0.2) is 43.3 Å². The van der Waals surface area contributed by atoms with Crippen molar-refractivity contribution in [3.05, 3.63) is 40.6 Å². The van der Waals surface area contributed by atoms with Crippen LogP contribution in [0.2, 0.25) is 0 Å². The minimum atomic E-state index is -0.740. The molecule has 1 aromatic carbocycles. The maximum atomic E-state index is 13.3. The van der Waals surface area contributed by atoms with Crippen LogP contribution in [0.4, 0.5) is 9.18 Å². The van der Waals surface area contributed by atoms with Gasteiger partial charge in [0.05, 0.1) is 11.7 Å². The average Bonchev–Trinajstić information content (AvgIpc) is 3.14. The Hall–Kier alpha value is -2.95. The van der Waals surface area contributed by atoms with Gasteiger partial charge in [-0.1, -0.05) is 12.0 Å².